The molecule has 6 heteroatoms. The summed E-state index contributed by atoms with van der Waals surface area (Å²) in [5.41, 5.74) is 0.455. The topological polar surface area (TPSA) is 94.2 Å². The Bertz CT molecular complexity index is 709. The van der Waals surface area contributed by atoms with Gasteiger partial charge in [0, 0.05) is 36.3 Å². The number of nitrogens with one attached hydrogen (secondary N) is 3. The molecule has 1 unspecified atom stereocenters. The molecule has 0 spiro atoms. The molecular formula is C16H21N3O3. The lowest BCUT2D eigenvalue weighted by molar-refractivity contribution is 0.186. The smallest absolute Gasteiger partial charge is 0.319 e. The number of aromatic nitrogens is 1. The number of anilines is 1. The summed E-state index contributed by atoms with van der Waals surface area (Å²) < 4.78 is 0. The van der Waals surface area contributed by atoms with Crippen LogP contribution in [-0.2, 0) is 0 Å². The zero-order valence-electron chi connectivity index (χ0n) is 12.7. The van der Waals surface area contributed by atoms with Crippen molar-refractivity contribution in [2.75, 3.05) is 18.5 Å². The second kappa shape index (κ2) is 7.09. The van der Waals surface area contributed by atoms with Crippen LogP contribution >= 0.6 is 0 Å². The van der Waals surface area contributed by atoms with Crippen molar-refractivity contribution in [2.45, 2.75) is 13.8 Å². The first kappa shape index (κ1) is 16.0. The van der Waals surface area contributed by atoms with Gasteiger partial charge < -0.3 is 20.7 Å². The molecule has 1 aromatic carbocycles. The van der Waals surface area contributed by atoms with Crippen molar-refractivity contribution in [3.05, 3.63) is 40.8 Å². The fourth-order valence-corrected chi connectivity index (χ4v) is 2.18. The maximum absolute atomic E-state index is 11.9. The number of aliphatic hydroxyl groups is 1. The highest BCUT2D eigenvalue weighted by atomic mass is 16.3. The van der Waals surface area contributed by atoms with E-state index in [1.165, 1.54) is 0 Å². The first-order valence-electron chi connectivity index (χ1n) is 7.28. The van der Waals surface area contributed by atoms with Crippen LogP contribution in [-0.4, -0.2) is 29.3 Å². The summed E-state index contributed by atoms with van der Waals surface area (Å²) >= 11 is 0. The number of benzene rings is 1. The minimum Gasteiger partial charge on any atom is -0.396 e. The van der Waals surface area contributed by atoms with Gasteiger partial charge in [-0.3, -0.25) is 4.79 Å². The summed E-state index contributed by atoms with van der Waals surface area (Å²) in [5, 5.41) is 16.1. The summed E-state index contributed by atoms with van der Waals surface area (Å²) in [7, 11) is 0. The highest BCUT2D eigenvalue weighted by Gasteiger charge is 2.13. The summed E-state index contributed by atoms with van der Waals surface area (Å²) in [6, 6.07) is 6.55. The summed E-state index contributed by atoms with van der Waals surface area (Å²) in [6.45, 7) is 4.45. The van der Waals surface area contributed by atoms with Crippen molar-refractivity contribution >= 4 is 22.5 Å². The van der Waals surface area contributed by atoms with Crippen molar-refractivity contribution < 1.29 is 9.90 Å². The lowest BCUT2D eigenvalue weighted by atomic mass is 9.97. The van der Waals surface area contributed by atoms with Gasteiger partial charge >= 0.3 is 6.03 Å². The lowest BCUT2D eigenvalue weighted by Gasteiger charge is -2.18. The van der Waals surface area contributed by atoms with Gasteiger partial charge in [-0.25, -0.2) is 4.79 Å². The zero-order valence-corrected chi connectivity index (χ0v) is 12.7. The van der Waals surface area contributed by atoms with E-state index in [9.17, 15) is 14.7 Å². The number of hydrogen-bond acceptors (Lipinski definition) is 3. The average molecular weight is 303 g/mol. The Morgan fingerprint density at radius 1 is 1.32 bits per heavy atom. The summed E-state index contributed by atoms with van der Waals surface area (Å²) in [4.78, 5) is 26.1. The Morgan fingerprint density at radius 3 is 2.77 bits per heavy atom. The number of carbonyl (C=O) groups excluding carboxylic acids is 1. The molecule has 0 saturated heterocycles. The number of H-pyrrole nitrogens is 1. The van der Waals surface area contributed by atoms with Crippen LogP contribution in [0.4, 0.5) is 10.5 Å². The molecule has 0 radical (unpaired) electrons. The molecule has 22 heavy (non-hydrogen) atoms. The number of amides is 2. The number of aliphatic hydroxyl groups excluding tert-OH is 1. The Morgan fingerprint density at radius 2 is 2.09 bits per heavy atom. The van der Waals surface area contributed by atoms with Gasteiger partial charge in [0.1, 0.15) is 0 Å². The first-order chi connectivity index (χ1) is 10.5. The molecule has 0 aliphatic heterocycles. The highest BCUT2D eigenvalue weighted by Crippen LogP contribution is 2.15. The van der Waals surface area contributed by atoms with Crippen molar-refractivity contribution in [1.82, 2.24) is 10.3 Å². The van der Waals surface area contributed by atoms with Gasteiger partial charge in [0.15, 0.2) is 0 Å². The normalized spacial score (nSPS) is 12.4. The third-order valence-corrected chi connectivity index (χ3v) is 3.73. The van der Waals surface area contributed by atoms with E-state index in [1.807, 2.05) is 13.8 Å². The molecule has 1 atom stereocenters. The molecule has 0 fully saturated rings. The van der Waals surface area contributed by atoms with Crippen molar-refractivity contribution in [3.8, 4) is 0 Å². The largest absolute Gasteiger partial charge is 0.396 e. The van der Waals surface area contributed by atoms with Crippen LogP contribution in [0.2, 0.25) is 0 Å². The van der Waals surface area contributed by atoms with E-state index in [1.54, 1.807) is 30.5 Å². The molecule has 0 saturated carbocycles. The third-order valence-electron chi connectivity index (χ3n) is 3.73. The van der Waals surface area contributed by atoms with Crippen LogP contribution in [0.1, 0.15) is 13.8 Å². The number of rotatable bonds is 5. The van der Waals surface area contributed by atoms with Gasteiger partial charge in [-0.05, 0) is 35.6 Å². The molecule has 2 amide bonds. The van der Waals surface area contributed by atoms with Crippen LogP contribution in [0.3, 0.4) is 0 Å². The van der Waals surface area contributed by atoms with Crippen molar-refractivity contribution in [2.24, 2.45) is 11.8 Å². The molecule has 1 heterocycles. The van der Waals surface area contributed by atoms with Gasteiger partial charge in [-0.15, -0.1) is 0 Å². The number of fused-ring (bicyclic) bond motifs is 1. The second-order valence-corrected chi connectivity index (χ2v) is 5.63. The fourth-order valence-electron chi connectivity index (χ4n) is 2.18. The van der Waals surface area contributed by atoms with Crippen molar-refractivity contribution in [3.63, 3.8) is 0 Å². The minimum absolute atomic E-state index is 0.0286. The molecule has 6 nitrogen and oxygen atoms in total. The number of aromatic amines is 1. The number of carbonyl (C=O) groups is 1. The predicted molar refractivity (Wildman–Crippen MR) is 87.0 cm³/mol. The van der Waals surface area contributed by atoms with Gasteiger partial charge in [0.25, 0.3) is 5.56 Å². The summed E-state index contributed by atoms with van der Waals surface area (Å²) in [6.07, 6.45) is 1.57. The molecule has 1 aromatic heterocycles. The lowest BCUT2D eigenvalue weighted by Crippen LogP contribution is -2.35. The standard InChI is InChI=1S/C16H21N3O3/c1-10(2)12(9-20)8-18-16(22)19-13-3-4-14-11(7-13)5-6-17-15(14)21/h3-7,10,12,20H,8-9H2,1-2H3,(H,17,21)(H2,18,19,22). The van der Waals surface area contributed by atoms with Crippen LogP contribution < -0.4 is 16.2 Å². The molecule has 4 N–H and O–H groups in total. The van der Waals surface area contributed by atoms with Crippen LogP contribution in [0.15, 0.2) is 35.3 Å². The van der Waals surface area contributed by atoms with Crippen molar-refractivity contribution in [1.29, 1.82) is 0 Å². The molecular weight excluding hydrogens is 282 g/mol. The van der Waals surface area contributed by atoms with E-state index in [2.05, 4.69) is 15.6 Å². The Kier molecular flexibility index (Phi) is 5.16. The zero-order chi connectivity index (χ0) is 16.1. The Balaban J connectivity index is 2.01. The van der Waals surface area contributed by atoms with Gasteiger partial charge in [-0.1, -0.05) is 13.8 Å². The van der Waals surface area contributed by atoms with E-state index in [0.717, 1.165) is 5.39 Å². The monoisotopic (exact) mass is 303 g/mol. The fraction of sp³-hybridized carbons (Fsp3) is 0.375. The highest BCUT2D eigenvalue weighted by molar-refractivity contribution is 5.93. The van der Waals surface area contributed by atoms with Gasteiger partial charge in [0.2, 0.25) is 0 Å². The predicted octanol–water partition coefficient (Wildman–Crippen LogP) is 1.91. The minimum atomic E-state index is -0.330. The van der Waals surface area contributed by atoms with E-state index in [0.29, 0.717) is 17.6 Å². The number of pyridine rings is 1. The van der Waals surface area contributed by atoms with Crippen LogP contribution in [0.5, 0.6) is 0 Å². The number of urea groups is 1. The number of hydrogen-bond donors (Lipinski definition) is 4. The maximum atomic E-state index is 11.9. The van der Waals surface area contributed by atoms with Gasteiger partial charge in [-0.2, -0.15) is 0 Å². The average Bonchev–Trinajstić information content (AvgIpc) is 2.47. The van der Waals surface area contributed by atoms with Crippen LogP contribution in [0.25, 0.3) is 10.8 Å². The van der Waals surface area contributed by atoms with Crippen LogP contribution in [0, 0.1) is 11.8 Å². The Hall–Kier alpha value is -2.34. The molecule has 118 valence electrons. The molecule has 2 aromatic rings. The first-order valence-corrected chi connectivity index (χ1v) is 7.28. The second-order valence-electron chi connectivity index (χ2n) is 5.63. The molecule has 0 bridgehead atoms. The Labute approximate surface area is 128 Å². The SMILES string of the molecule is CC(C)C(CO)CNC(=O)Nc1ccc2c(=O)[nH]ccc2c1. The molecule has 0 aliphatic carbocycles. The quantitative estimate of drug-likeness (QED) is 0.679. The van der Waals surface area contributed by atoms with E-state index >= 15 is 0 Å². The maximum Gasteiger partial charge on any atom is 0.319 e. The summed E-state index contributed by atoms with van der Waals surface area (Å²) in [5.74, 6) is 0.318. The van der Waals surface area contributed by atoms with E-state index in [4.69, 9.17) is 0 Å². The van der Waals surface area contributed by atoms with E-state index in [-0.39, 0.29) is 30.0 Å². The third kappa shape index (κ3) is 3.85. The van der Waals surface area contributed by atoms with E-state index < -0.39 is 0 Å². The van der Waals surface area contributed by atoms with Gasteiger partial charge in [0.05, 0.1) is 0 Å². The molecule has 2 rings (SSSR count). The molecule has 0 aliphatic rings.